The van der Waals surface area contributed by atoms with Crippen LogP contribution in [0.5, 0.6) is 0 Å². The zero-order valence-corrected chi connectivity index (χ0v) is 12.8. The van der Waals surface area contributed by atoms with Crippen molar-refractivity contribution in [2.45, 2.75) is 33.1 Å². The van der Waals surface area contributed by atoms with Crippen LogP contribution in [0.1, 0.15) is 37.8 Å². The summed E-state index contributed by atoms with van der Waals surface area (Å²) in [5.41, 5.74) is 4.67. The molecule has 0 aliphatic carbocycles. The first-order valence-corrected chi connectivity index (χ1v) is 7.40. The lowest BCUT2D eigenvalue weighted by atomic mass is 9.89. The van der Waals surface area contributed by atoms with Gasteiger partial charge in [-0.3, -0.25) is 4.79 Å². The van der Waals surface area contributed by atoms with Crippen molar-refractivity contribution in [3.05, 3.63) is 59.7 Å². The first-order valence-electron chi connectivity index (χ1n) is 7.40. The molecule has 0 aliphatic heterocycles. The molecule has 0 spiro atoms. The molecule has 1 atom stereocenters. The molecule has 1 N–H and O–H groups in total. The summed E-state index contributed by atoms with van der Waals surface area (Å²) < 4.78 is 0. The molecule has 1 unspecified atom stereocenters. The Labute approximate surface area is 126 Å². The van der Waals surface area contributed by atoms with Crippen LogP contribution < -0.4 is 0 Å². The van der Waals surface area contributed by atoms with Crippen LogP contribution in [0.3, 0.4) is 0 Å². The molecule has 0 radical (unpaired) electrons. The number of hydrogen-bond acceptors (Lipinski definition) is 1. The molecule has 0 heterocycles. The Bertz CT molecular complexity index is 615. The van der Waals surface area contributed by atoms with E-state index >= 15 is 0 Å². The highest BCUT2D eigenvalue weighted by molar-refractivity contribution is 5.72. The van der Waals surface area contributed by atoms with E-state index in [1.807, 2.05) is 18.2 Å². The van der Waals surface area contributed by atoms with Crippen LogP contribution in [-0.4, -0.2) is 11.1 Å². The molecule has 21 heavy (non-hydrogen) atoms. The summed E-state index contributed by atoms with van der Waals surface area (Å²) in [6.07, 6.45) is 0.554. The molecule has 0 amide bonds. The summed E-state index contributed by atoms with van der Waals surface area (Å²) in [4.78, 5) is 11.1. The first-order chi connectivity index (χ1) is 9.99. The molecular weight excluding hydrogens is 260 g/mol. The Hall–Kier alpha value is -2.09. The first kappa shape index (κ1) is 15.3. The van der Waals surface area contributed by atoms with Gasteiger partial charge in [0.05, 0.1) is 5.92 Å². The van der Waals surface area contributed by atoms with Gasteiger partial charge in [0.15, 0.2) is 0 Å². The molecule has 2 rings (SSSR count). The van der Waals surface area contributed by atoms with Crippen molar-refractivity contribution in [1.29, 1.82) is 0 Å². The lowest BCUT2D eigenvalue weighted by Gasteiger charge is -2.15. The second kappa shape index (κ2) is 6.57. The highest BCUT2D eigenvalue weighted by Gasteiger charge is 2.15. The minimum Gasteiger partial charge on any atom is -0.481 e. The van der Waals surface area contributed by atoms with E-state index in [4.69, 9.17) is 5.11 Å². The number of hydrogen-bond donors (Lipinski definition) is 1. The van der Waals surface area contributed by atoms with E-state index in [0.717, 1.165) is 16.7 Å². The zero-order chi connectivity index (χ0) is 15.4. The highest BCUT2D eigenvalue weighted by Crippen LogP contribution is 2.29. The fraction of sp³-hybridized carbons (Fsp3) is 0.316. The van der Waals surface area contributed by atoms with E-state index in [2.05, 4.69) is 44.2 Å². The van der Waals surface area contributed by atoms with Crippen molar-refractivity contribution in [1.82, 2.24) is 0 Å². The Morgan fingerprint density at radius 3 is 2.29 bits per heavy atom. The van der Waals surface area contributed by atoms with Crippen LogP contribution in [0, 0.1) is 5.92 Å². The van der Waals surface area contributed by atoms with Gasteiger partial charge in [0.1, 0.15) is 0 Å². The fourth-order valence-corrected chi connectivity index (χ4v) is 2.43. The normalized spacial score (nSPS) is 12.4. The van der Waals surface area contributed by atoms with E-state index in [1.165, 1.54) is 5.56 Å². The molecule has 2 heteroatoms. The third-order valence-corrected chi connectivity index (χ3v) is 3.83. The molecule has 110 valence electrons. The van der Waals surface area contributed by atoms with E-state index in [1.54, 1.807) is 6.92 Å². The van der Waals surface area contributed by atoms with Gasteiger partial charge in [-0.1, -0.05) is 69.3 Å². The molecule has 0 aromatic heterocycles. The summed E-state index contributed by atoms with van der Waals surface area (Å²) >= 11 is 0. The van der Waals surface area contributed by atoms with Gasteiger partial charge >= 0.3 is 5.97 Å². The molecule has 0 saturated carbocycles. The molecule has 2 aromatic rings. The Balaban J connectivity index is 2.47. The molecule has 2 aromatic carbocycles. The topological polar surface area (TPSA) is 37.3 Å². The Morgan fingerprint density at radius 2 is 1.71 bits per heavy atom. The summed E-state index contributed by atoms with van der Waals surface area (Å²) in [7, 11) is 0. The van der Waals surface area contributed by atoms with Crippen LogP contribution in [0.15, 0.2) is 48.5 Å². The van der Waals surface area contributed by atoms with E-state index in [-0.39, 0.29) is 5.92 Å². The molecule has 2 nitrogen and oxygen atoms in total. The third-order valence-electron chi connectivity index (χ3n) is 3.83. The molecule has 0 aliphatic rings. The maximum Gasteiger partial charge on any atom is 0.306 e. The van der Waals surface area contributed by atoms with Gasteiger partial charge in [-0.25, -0.2) is 0 Å². The lowest BCUT2D eigenvalue weighted by Crippen LogP contribution is -2.13. The maximum absolute atomic E-state index is 11.1. The standard InChI is InChI=1S/C19H22O2/c1-13(2)16-9-10-17(11-14(3)19(20)21)18(12-16)15-7-5-4-6-8-15/h4-10,12-14H,11H2,1-3H3,(H,20,21). The zero-order valence-electron chi connectivity index (χ0n) is 12.8. The molecule has 0 saturated heterocycles. The van der Waals surface area contributed by atoms with Gasteiger partial charge < -0.3 is 5.11 Å². The van der Waals surface area contributed by atoms with Crippen molar-refractivity contribution in [3.8, 4) is 11.1 Å². The van der Waals surface area contributed by atoms with Crippen molar-refractivity contribution >= 4 is 5.97 Å². The predicted octanol–water partition coefficient (Wildman–Crippen LogP) is 4.74. The van der Waals surface area contributed by atoms with E-state index < -0.39 is 5.97 Å². The average Bonchev–Trinajstić information content (AvgIpc) is 2.48. The minimum atomic E-state index is -0.748. The quantitative estimate of drug-likeness (QED) is 0.860. The number of carbonyl (C=O) groups is 1. The summed E-state index contributed by atoms with van der Waals surface area (Å²) in [5, 5.41) is 9.15. The Kier molecular flexibility index (Phi) is 4.79. The van der Waals surface area contributed by atoms with Crippen LogP contribution in [0.25, 0.3) is 11.1 Å². The van der Waals surface area contributed by atoms with Gasteiger partial charge in [0.2, 0.25) is 0 Å². The summed E-state index contributed by atoms with van der Waals surface area (Å²) in [6.45, 7) is 6.10. The Morgan fingerprint density at radius 1 is 1.05 bits per heavy atom. The molecule has 0 bridgehead atoms. The number of benzene rings is 2. The fourth-order valence-electron chi connectivity index (χ4n) is 2.43. The van der Waals surface area contributed by atoms with Crippen LogP contribution in [0.4, 0.5) is 0 Å². The highest BCUT2D eigenvalue weighted by atomic mass is 16.4. The van der Waals surface area contributed by atoms with Gasteiger partial charge in [-0.05, 0) is 34.6 Å². The van der Waals surface area contributed by atoms with Gasteiger partial charge in [-0.2, -0.15) is 0 Å². The number of aliphatic carboxylic acids is 1. The van der Waals surface area contributed by atoms with Gasteiger partial charge in [-0.15, -0.1) is 0 Å². The maximum atomic E-state index is 11.1. The summed E-state index contributed by atoms with van der Waals surface area (Å²) in [5.74, 6) is -0.669. The van der Waals surface area contributed by atoms with E-state index in [9.17, 15) is 4.79 Å². The number of rotatable bonds is 5. The van der Waals surface area contributed by atoms with Crippen molar-refractivity contribution in [2.24, 2.45) is 5.92 Å². The van der Waals surface area contributed by atoms with Crippen molar-refractivity contribution in [2.75, 3.05) is 0 Å². The molecular formula is C19H22O2. The second-order valence-electron chi connectivity index (χ2n) is 5.88. The van der Waals surface area contributed by atoms with Crippen molar-refractivity contribution < 1.29 is 9.90 Å². The second-order valence-corrected chi connectivity index (χ2v) is 5.88. The number of carboxylic acid groups (broad SMARTS) is 1. The smallest absolute Gasteiger partial charge is 0.306 e. The largest absolute Gasteiger partial charge is 0.481 e. The summed E-state index contributed by atoms with van der Waals surface area (Å²) in [6, 6.07) is 16.6. The lowest BCUT2D eigenvalue weighted by molar-refractivity contribution is -0.141. The van der Waals surface area contributed by atoms with Gasteiger partial charge in [0.25, 0.3) is 0 Å². The van der Waals surface area contributed by atoms with E-state index in [0.29, 0.717) is 12.3 Å². The minimum absolute atomic E-state index is 0.377. The van der Waals surface area contributed by atoms with Crippen LogP contribution >= 0.6 is 0 Å². The SMILES string of the molecule is CC(Cc1ccc(C(C)C)cc1-c1ccccc1)C(=O)O. The monoisotopic (exact) mass is 282 g/mol. The average molecular weight is 282 g/mol. The predicted molar refractivity (Wildman–Crippen MR) is 86.5 cm³/mol. The van der Waals surface area contributed by atoms with Crippen LogP contribution in [-0.2, 0) is 11.2 Å². The number of carboxylic acids is 1. The molecule has 0 fully saturated rings. The van der Waals surface area contributed by atoms with Gasteiger partial charge in [0, 0.05) is 0 Å². The third kappa shape index (κ3) is 3.72. The van der Waals surface area contributed by atoms with Crippen molar-refractivity contribution in [3.63, 3.8) is 0 Å². The van der Waals surface area contributed by atoms with Crippen LogP contribution in [0.2, 0.25) is 0 Å².